The molecule has 2 rings (SSSR count). The number of nitrogens with zero attached hydrogens (tertiary/aromatic N) is 1. The van der Waals surface area contributed by atoms with Crippen LogP contribution in [0.2, 0.25) is 0 Å². The molecule has 2 N–H and O–H groups in total. The molecule has 6 heteroatoms. The molecule has 1 aromatic carbocycles. The van der Waals surface area contributed by atoms with Crippen molar-refractivity contribution in [2.75, 3.05) is 20.0 Å². The molecular formula is C14H14N2O4. The number of anilines is 1. The van der Waals surface area contributed by atoms with Gasteiger partial charge >= 0.3 is 5.97 Å². The van der Waals surface area contributed by atoms with E-state index in [0.717, 1.165) is 0 Å². The number of nitrogen functional groups attached to an aromatic ring is 1. The SMILES string of the molecule is COC(=O)c1ccnc(Oc2ccc(OC)cc2N)c1. The molecule has 0 bridgehead atoms. The fraction of sp³-hybridized carbons (Fsp3) is 0.143. The van der Waals surface area contributed by atoms with Crippen LogP contribution in [0.5, 0.6) is 17.4 Å². The van der Waals surface area contributed by atoms with Gasteiger partial charge in [0.05, 0.1) is 25.5 Å². The first-order chi connectivity index (χ1) is 9.63. The first-order valence-corrected chi connectivity index (χ1v) is 5.79. The molecule has 0 unspecified atom stereocenters. The second-order valence-corrected chi connectivity index (χ2v) is 3.88. The van der Waals surface area contributed by atoms with E-state index in [2.05, 4.69) is 9.72 Å². The number of rotatable bonds is 4. The highest BCUT2D eigenvalue weighted by Crippen LogP contribution is 2.29. The van der Waals surface area contributed by atoms with Crippen molar-refractivity contribution >= 4 is 11.7 Å². The molecule has 0 spiro atoms. The molecule has 2 aromatic rings. The highest BCUT2D eigenvalue weighted by molar-refractivity contribution is 5.89. The third kappa shape index (κ3) is 2.97. The van der Waals surface area contributed by atoms with Crippen molar-refractivity contribution in [2.45, 2.75) is 0 Å². The van der Waals surface area contributed by atoms with Crippen LogP contribution in [0.3, 0.4) is 0 Å². The van der Waals surface area contributed by atoms with Crippen LogP contribution in [-0.2, 0) is 4.74 Å². The molecule has 0 aliphatic carbocycles. The molecule has 0 aliphatic heterocycles. The predicted octanol–water partition coefficient (Wildman–Crippen LogP) is 2.25. The monoisotopic (exact) mass is 274 g/mol. The standard InChI is InChI=1S/C14H14N2O4/c1-18-10-3-4-12(11(15)8-10)20-13-7-9(5-6-16-13)14(17)19-2/h3-8H,15H2,1-2H3. The van der Waals surface area contributed by atoms with Gasteiger partial charge in [-0.2, -0.15) is 0 Å². The third-order valence-electron chi connectivity index (χ3n) is 2.59. The van der Waals surface area contributed by atoms with Crippen molar-refractivity contribution in [1.82, 2.24) is 4.98 Å². The minimum atomic E-state index is -0.458. The molecule has 0 amide bonds. The maximum absolute atomic E-state index is 11.4. The molecule has 0 saturated heterocycles. The van der Waals surface area contributed by atoms with Gasteiger partial charge in [-0.15, -0.1) is 0 Å². The summed E-state index contributed by atoms with van der Waals surface area (Å²) in [7, 11) is 2.86. The molecule has 1 aromatic heterocycles. The Bertz CT molecular complexity index is 628. The van der Waals surface area contributed by atoms with Crippen molar-refractivity contribution in [2.24, 2.45) is 0 Å². The number of carbonyl (C=O) groups is 1. The van der Waals surface area contributed by atoms with Crippen LogP contribution < -0.4 is 15.2 Å². The Morgan fingerprint density at radius 2 is 2.00 bits per heavy atom. The minimum absolute atomic E-state index is 0.254. The molecule has 6 nitrogen and oxygen atoms in total. The lowest BCUT2D eigenvalue weighted by molar-refractivity contribution is 0.0600. The fourth-order valence-electron chi connectivity index (χ4n) is 1.57. The molecule has 0 radical (unpaired) electrons. The third-order valence-corrected chi connectivity index (χ3v) is 2.59. The van der Waals surface area contributed by atoms with Gasteiger partial charge in [0.15, 0.2) is 5.75 Å². The smallest absolute Gasteiger partial charge is 0.338 e. The van der Waals surface area contributed by atoms with Crippen molar-refractivity contribution in [3.63, 3.8) is 0 Å². The Kier molecular flexibility index (Phi) is 4.05. The summed E-state index contributed by atoms with van der Waals surface area (Å²) >= 11 is 0. The van der Waals surface area contributed by atoms with E-state index >= 15 is 0 Å². The van der Waals surface area contributed by atoms with E-state index in [1.165, 1.54) is 25.4 Å². The molecule has 0 atom stereocenters. The lowest BCUT2D eigenvalue weighted by atomic mass is 10.2. The molecule has 0 aliphatic rings. The largest absolute Gasteiger partial charge is 0.497 e. The molecule has 0 fully saturated rings. The van der Waals surface area contributed by atoms with Gasteiger partial charge in [-0.3, -0.25) is 0 Å². The van der Waals surface area contributed by atoms with E-state index in [1.54, 1.807) is 25.3 Å². The number of hydrogen-bond acceptors (Lipinski definition) is 6. The van der Waals surface area contributed by atoms with E-state index in [4.69, 9.17) is 15.2 Å². The second-order valence-electron chi connectivity index (χ2n) is 3.88. The van der Waals surface area contributed by atoms with Crippen molar-refractivity contribution in [3.05, 3.63) is 42.1 Å². The number of hydrogen-bond donors (Lipinski definition) is 1. The summed E-state index contributed by atoms with van der Waals surface area (Å²) in [6.07, 6.45) is 1.46. The summed E-state index contributed by atoms with van der Waals surface area (Å²) in [6.45, 7) is 0. The highest BCUT2D eigenvalue weighted by Gasteiger charge is 2.09. The number of aromatic nitrogens is 1. The van der Waals surface area contributed by atoms with Gasteiger partial charge < -0.3 is 19.9 Å². The maximum Gasteiger partial charge on any atom is 0.338 e. The van der Waals surface area contributed by atoms with Gasteiger partial charge in [0.2, 0.25) is 5.88 Å². The lowest BCUT2D eigenvalue weighted by Gasteiger charge is -2.09. The number of carbonyl (C=O) groups excluding carboxylic acids is 1. The number of pyridine rings is 1. The topological polar surface area (TPSA) is 83.7 Å². The first kappa shape index (κ1) is 13.7. The second kappa shape index (κ2) is 5.92. The first-order valence-electron chi connectivity index (χ1n) is 5.79. The summed E-state index contributed by atoms with van der Waals surface area (Å²) in [5, 5.41) is 0. The van der Waals surface area contributed by atoms with Crippen LogP contribution in [-0.4, -0.2) is 25.2 Å². The van der Waals surface area contributed by atoms with Crippen LogP contribution in [0.15, 0.2) is 36.5 Å². The van der Waals surface area contributed by atoms with Crippen molar-refractivity contribution in [3.8, 4) is 17.4 Å². The van der Waals surface area contributed by atoms with Gasteiger partial charge in [-0.25, -0.2) is 9.78 Å². The molecule has 0 saturated carbocycles. The van der Waals surface area contributed by atoms with Crippen LogP contribution in [0.25, 0.3) is 0 Å². The van der Waals surface area contributed by atoms with Gasteiger partial charge in [-0.1, -0.05) is 0 Å². The normalized spacial score (nSPS) is 9.90. The highest BCUT2D eigenvalue weighted by atomic mass is 16.5. The average Bonchev–Trinajstić information content (AvgIpc) is 2.48. The lowest BCUT2D eigenvalue weighted by Crippen LogP contribution is -2.02. The van der Waals surface area contributed by atoms with Crippen LogP contribution >= 0.6 is 0 Å². The van der Waals surface area contributed by atoms with Crippen molar-refractivity contribution in [1.29, 1.82) is 0 Å². The van der Waals surface area contributed by atoms with E-state index < -0.39 is 5.97 Å². The quantitative estimate of drug-likeness (QED) is 0.680. The number of ether oxygens (including phenoxy) is 3. The maximum atomic E-state index is 11.4. The Morgan fingerprint density at radius 1 is 1.20 bits per heavy atom. The Hall–Kier alpha value is -2.76. The van der Waals surface area contributed by atoms with E-state index in [1.807, 2.05) is 0 Å². The van der Waals surface area contributed by atoms with Crippen LogP contribution in [0.1, 0.15) is 10.4 Å². The van der Waals surface area contributed by atoms with Crippen LogP contribution in [0, 0.1) is 0 Å². The fourth-order valence-corrected chi connectivity index (χ4v) is 1.57. The summed E-state index contributed by atoms with van der Waals surface area (Å²) in [5.41, 5.74) is 6.61. The molecular weight excluding hydrogens is 260 g/mol. The number of benzene rings is 1. The zero-order chi connectivity index (χ0) is 14.5. The summed E-state index contributed by atoms with van der Waals surface area (Å²) in [4.78, 5) is 15.4. The summed E-state index contributed by atoms with van der Waals surface area (Å²) < 4.78 is 15.2. The van der Waals surface area contributed by atoms with E-state index in [-0.39, 0.29) is 5.88 Å². The van der Waals surface area contributed by atoms with Gasteiger partial charge in [0.1, 0.15) is 5.75 Å². The summed E-state index contributed by atoms with van der Waals surface area (Å²) in [5.74, 6) is 0.858. The number of methoxy groups -OCH3 is 2. The van der Waals surface area contributed by atoms with E-state index in [0.29, 0.717) is 22.7 Å². The van der Waals surface area contributed by atoms with Gasteiger partial charge in [-0.05, 0) is 18.2 Å². The molecule has 1 heterocycles. The summed E-state index contributed by atoms with van der Waals surface area (Å²) in [6, 6.07) is 8.04. The molecule has 104 valence electrons. The Morgan fingerprint density at radius 3 is 2.65 bits per heavy atom. The van der Waals surface area contributed by atoms with Gasteiger partial charge in [0.25, 0.3) is 0 Å². The number of nitrogens with two attached hydrogens (primary N) is 1. The Labute approximate surface area is 116 Å². The average molecular weight is 274 g/mol. The predicted molar refractivity (Wildman–Crippen MR) is 73.1 cm³/mol. The number of esters is 1. The van der Waals surface area contributed by atoms with Crippen molar-refractivity contribution < 1.29 is 19.0 Å². The van der Waals surface area contributed by atoms with Crippen LogP contribution in [0.4, 0.5) is 5.69 Å². The van der Waals surface area contributed by atoms with Gasteiger partial charge in [0, 0.05) is 18.3 Å². The zero-order valence-electron chi connectivity index (χ0n) is 11.1. The zero-order valence-corrected chi connectivity index (χ0v) is 11.1. The minimum Gasteiger partial charge on any atom is -0.497 e. The Balaban J connectivity index is 2.24. The van der Waals surface area contributed by atoms with E-state index in [9.17, 15) is 4.79 Å². The molecule has 20 heavy (non-hydrogen) atoms.